The number of aromatic nitrogens is 4. The van der Waals surface area contributed by atoms with E-state index >= 15 is 0 Å². The van der Waals surface area contributed by atoms with E-state index in [4.69, 9.17) is 4.74 Å². The van der Waals surface area contributed by atoms with Crippen molar-refractivity contribution in [1.82, 2.24) is 19.7 Å². The van der Waals surface area contributed by atoms with E-state index in [9.17, 15) is 8.78 Å². The summed E-state index contributed by atoms with van der Waals surface area (Å²) in [5.74, 6) is 1.92. The minimum absolute atomic E-state index is 0.148. The Bertz CT molecular complexity index is 1150. The maximum absolute atomic E-state index is 12.8. The zero-order valence-corrected chi connectivity index (χ0v) is 18.0. The molecule has 0 saturated carbocycles. The van der Waals surface area contributed by atoms with Crippen molar-refractivity contribution in [2.45, 2.75) is 24.4 Å². The minimum Gasteiger partial charge on any atom is -0.494 e. The first-order valence-corrected chi connectivity index (χ1v) is 10.9. The minimum atomic E-state index is -2.88. The predicted octanol–water partition coefficient (Wildman–Crippen LogP) is 5.62. The third-order valence-electron chi connectivity index (χ3n) is 4.50. The predicted molar refractivity (Wildman–Crippen MR) is 118 cm³/mol. The van der Waals surface area contributed by atoms with Gasteiger partial charge in [0.2, 0.25) is 0 Å². The van der Waals surface area contributed by atoms with Crippen LogP contribution in [0.3, 0.4) is 0 Å². The molecule has 6 nitrogen and oxygen atoms in total. The Morgan fingerprint density at radius 2 is 1.81 bits per heavy atom. The quantitative estimate of drug-likeness (QED) is 0.306. The first kappa shape index (κ1) is 21.8. The number of para-hydroxylation sites is 1. The third kappa shape index (κ3) is 5.05. The van der Waals surface area contributed by atoms with Gasteiger partial charge in [0.25, 0.3) is 0 Å². The van der Waals surface area contributed by atoms with Crippen LogP contribution in [0.2, 0.25) is 0 Å². The molecule has 164 valence electrons. The Balaban J connectivity index is 1.68. The van der Waals surface area contributed by atoms with Crippen LogP contribution in [0.5, 0.6) is 11.5 Å². The highest BCUT2D eigenvalue weighted by atomic mass is 32.2. The molecule has 2 aromatic carbocycles. The molecule has 9 heteroatoms. The molecule has 0 spiro atoms. The van der Waals surface area contributed by atoms with Crippen molar-refractivity contribution in [3.8, 4) is 28.6 Å². The topological polar surface area (TPSA) is 62.1 Å². The van der Waals surface area contributed by atoms with Gasteiger partial charge in [-0.25, -0.2) is 0 Å². The summed E-state index contributed by atoms with van der Waals surface area (Å²) in [5, 5.41) is 9.35. The maximum Gasteiger partial charge on any atom is 0.387 e. The molecule has 0 unspecified atom stereocenters. The average molecular weight is 455 g/mol. The summed E-state index contributed by atoms with van der Waals surface area (Å²) in [7, 11) is 0. The lowest BCUT2D eigenvalue weighted by Crippen LogP contribution is -2.04. The zero-order chi connectivity index (χ0) is 22.3. The van der Waals surface area contributed by atoms with Crippen LogP contribution in [-0.2, 0) is 5.75 Å². The largest absolute Gasteiger partial charge is 0.494 e. The van der Waals surface area contributed by atoms with E-state index < -0.39 is 6.61 Å². The van der Waals surface area contributed by atoms with E-state index in [0.29, 0.717) is 28.9 Å². The van der Waals surface area contributed by atoms with Gasteiger partial charge < -0.3 is 9.47 Å². The summed E-state index contributed by atoms with van der Waals surface area (Å²) in [6.07, 6.45) is 3.41. The molecule has 4 aromatic rings. The molecule has 0 aliphatic heterocycles. The van der Waals surface area contributed by atoms with Crippen LogP contribution < -0.4 is 9.47 Å². The normalized spacial score (nSPS) is 11.0. The van der Waals surface area contributed by atoms with E-state index in [1.165, 1.54) is 17.8 Å². The second-order valence-corrected chi connectivity index (χ2v) is 7.53. The Kier molecular flexibility index (Phi) is 6.96. The van der Waals surface area contributed by atoms with E-state index in [0.717, 1.165) is 17.0 Å². The number of nitrogens with zero attached hydrogens (tertiary/aromatic N) is 4. The SMILES string of the molecule is CCOc1ccc(-n2c(SCc3ccccc3OC(F)F)nnc2-c2cccnc2)cc1. The number of ether oxygens (including phenoxy) is 2. The zero-order valence-electron chi connectivity index (χ0n) is 17.2. The average Bonchev–Trinajstić information content (AvgIpc) is 3.23. The summed E-state index contributed by atoms with van der Waals surface area (Å²) < 4.78 is 37.6. The molecule has 4 rings (SSSR count). The first-order valence-electron chi connectivity index (χ1n) is 9.90. The Labute approximate surface area is 188 Å². The molecule has 0 aliphatic carbocycles. The number of hydrogen-bond acceptors (Lipinski definition) is 6. The van der Waals surface area contributed by atoms with Crippen molar-refractivity contribution >= 4 is 11.8 Å². The van der Waals surface area contributed by atoms with Gasteiger partial charge in [0.15, 0.2) is 11.0 Å². The lowest BCUT2D eigenvalue weighted by Gasteiger charge is -2.13. The van der Waals surface area contributed by atoms with Crippen LogP contribution in [-0.4, -0.2) is 33.0 Å². The molecule has 0 bridgehead atoms. The molecule has 0 saturated heterocycles. The van der Waals surface area contributed by atoms with Crippen molar-refractivity contribution in [1.29, 1.82) is 0 Å². The highest BCUT2D eigenvalue weighted by Crippen LogP contribution is 2.32. The van der Waals surface area contributed by atoms with Crippen LogP contribution in [0.1, 0.15) is 12.5 Å². The number of benzene rings is 2. The second-order valence-electron chi connectivity index (χ2n) is 6.59. The molecular weight excluding hydrogens is 434 g/mol. The third-order valence-corrected chi connectivity index (χ3v) is 5.48. The fraction of sp³-hybridized carbons (Fsp3) is 0.174. The van der Waals surface area contributed by atoms with Crippen molar-refractivity contribution in [2.75, 3.05) is 6.61 Å². The van der Waals surface area contributed by atoms with Crippen LogP contribution in [0, 0.1) is 0 Å². The fourth-order valence-corrected chi connectivity index (χ4v) is 4.06. The van der Waals surface area contributed by atoms with Gasteiger partial charge >= 0.3 is 6.61 Å². The van der Waals surface area contributed by atoms with E-state index in [1.54, 1.807) is 30.6 Å². The van der Waals surface area contributed by atoms with Gasteiger partial charge in [0.1, 0.15) is 11.5 Å². The molecule has 2 heterocycles. The van der Waals surface area contributed by atoms with E-state index in [-0.39, 0.29) is 5.75 Å². The van der Waals surface area contributed by atoms with E-state index in [1.807, 2.05) is 47.9 Å². The fourth-order valence-electron chi connectivity index (χ4n) is 3.11. The van der Waals surface area contributed by atoms with Crippen molar-refractivity contribution in [2.24, 2.45) is 0 Å². The Hall–Kier alpha value is -3.46. The van der Waals surface area contributed by atoms with E-state index in [2.05, 4.69) is 19.9 Å². The number of hydrogen-bond donors (Lipinski definition) is 0. The van der Waals surface area contributed by atoms with Crippen molar-refractivity contribution in [3.63, 3.8) is 0 Å². The molecule has 0 amide bonds. The van der Waals surface area contributed by atoms with Gasteiger partial charge in [-0.1, -0.05) is 30.0 Å². The Morgan fingerprint density at radius 3 is 2.53 bits per heavy atom. The molecule has 0 aliphatic rings. The van der Waals surface area contributed by atoms with Gasteiger partial charge in [-0.15, -0.1) is 10.2 Å². The number of alkyl halides is 2. The Morgan fingerprint density at radius 1 is 1.00 bits per heavy atom. The maximum atomic E-state index is 12.8. The highest BCUT2D eigenvalue weighted by molar-refractivity contribution is 7.98. The van der Waals surface area contributed by atoms with Crippen LogP contribution in [0.25, 0.3) is 17.1 Å². The molecular formula is C23H20F2N4O2S. The van der Waals surface area contributed by atoms with Crippen LogP contribution >= 0.6 is 11.8 Å². The van der Waals surface area contributed by atoms with Crippen LogP contribution in [0.4, 0.5) is 8.78 Å². The van der Waals surface area contributed by atoms with Gasteiger partial charge in [-0.2, -0.15) is 8.78 Å². The summed E-state index contributed by atoms with van der Waals surface area (Å²) in [6.45, 7) is -0.377. The van der Waals surface area contributed by atoms with Gasteiger partial charge in [0.05, 0.1) is 6.61 Å². The van der Waals surface area contributed by atoms with Gasteiger partial charge in [-0.3, -0.25) is 9.55 Å². The molecule has 0 N–H and O–H groups in total. The number of pyridine rings is 1. The lowest BCUT2D eigenvalue weighted by atomic mass is 10.2. The molecule has 0 radical (unpaired) electrons. The van der Waals surface area contributed by atoms with Gasteiger partial charge in [-0.05, 0) is 49.4 Å². The van der Waals surface area contributed by atoms with Gasteiger partial charge in [0, 0.05) is 35.0 Å². The second kappa shape index (κ2) is 10.2. The standard InChI is InChI=1S/C23H20F2N4O2S/c1-2-30-19-11-9-18(10-12-19)29-21(16-7-5-13-26-14-16)27-28-23(29)32-15-17-6-3-4-8-20(17)31-22(24)25/h3-14,22H,2,15H2,1H3. The number of halogens is 2. The smallest absolute Gasteiger partial charge is 0.387 e. The molecule has 2 aromatic heterocycles. The first-order chi connectivity index (χ1) is 15.7. The van der Waals surface area contributed by atoms with Crippen molar-refractivity contribution in [3.05, 3.63) is 78.6 Å². The molecule has 0 atom stereocenters. The summed E-state index contributed by atoms with van der Waals surface area (Å²) >= 11 is 1.38. The molecule has 32 heavy (non-hydrogen) atoms. The summed E-state index contributed by atoms with van der Waals surface area (Å²) in [6, 6.07) is 18.1. The summed E-state index contributed by atoms with van der Waals surface area (Å²) in [4.78, 5) is 4.18. The lowest BCUT2D eigenvalue weighted by molar-refractivity contribution is -0.0503. The van der Waals surface area contributed by atoms with Crippen LogP contribution in [0.15, 0.2) is 78.2 Å². The molecule has 0 fully saturated rings. The highest BCUT2D eigenvalue weighted by Gasteiger charge is 2.18. The number of rotatable bonds is 9. The summed E-state index contributed by atoms with van der Waals surface area (Å²) in [5.41, 5.74) is 2.29. The monoisotopic (exact) mass is 454 g/mol. The van der Waals surface area contributed by atoms with Crippen molar-refractivity contribution < 1.29 is 18.3 Å². The number of thioether (sulfide) groups is 1.